The van der Waals surface area contributed by atoms with Crippen molar-refractivity contribution >= 4 is 0 Å². The number of rotatable bonds is 4. The summed E-state index contributed by atoms with van der Waals surface area (Å²) in [6.07, 6.45) is 0. The normalized spacial score (nSPS) is 21.7. The number of hydrogen-bond donors (Lipinski definition) is 1. The van der Waals surface area contributed by atoms with Crippen LogP contribution in [-0.4, -0.2) is 17.3 Å². The van der Waals surface area contributed by atoms with Crippen LogP contribution < -0.4 is 10.6 Å². The second-order valence-electron chi connectivity index (χ2n) is 3.97. The monoisotopic (exact) mass is 251 g/mol. The van der Waals surface area contributed by atoms with Crippen LogP contribution in [-0.2, 0) is 22.8 Å². The first-order valence-corrected chi connectivity index (χ1v) is 5.31. The van der Waals surface area contributed by atoms with Gasteiger partial charge in [-0.15, -0.1) is 0 Å². The maximum absolute atomic E-state index is 8.31. The number of aromatic nitrogens is 1. The fourth-order valence-corrected chi connectivity index (χ4v) is 1.62. The molecule has 0 aliphatic carbocycles. The maximum Gasteiger partial charge on any atom is 0.213 e. The predicted octanol–water partition coefficient (Wildman–Crippen LogP) is 1.41. The van der Waals surface area contributed by atoms with E-state index in [1.807, 2.05) is 0 Å². The van der Waals surface area contributed by atoms with Crippen LogP contribution in [0.5, 0.6) is 5.75 Å². The summed E-state index contributed by atoms with van der Waals surface area (Å²) in [7, 11) is 0. The van der Waals surface area contributed by atoms with Gasteiger partial charge in [-0.25, -0.2) is 10.9 Å². The van der Waals surface area contributed by atoms with Crippen LogP contribution in [0.15, 0.2) is 17.2 Å². The van der Waals surface area contributed by atoms with E-state index in [1.165, 1.54) is 0 Å². The average molecular weight is 251 g/mol. The zero-order valence-electron chi connectivity index (χ0n) is 9.87. The van der Waals surface area contributed by atoms with Crippen molar-refractivity contribution in [2.45, 2.75) is 25.9 Å². The van der Waals surface area contributed by atoms with Crippen LogP contribution in [0.4, 0.5) is 0 Å². The van der Waals surface area contributed by atoms with Gasteiger partial charge in [0.2, 0.25) is 5.79 Å². The van der Waals surface area contributed by atoms with Gasteiger partial charge in [-0.2, -0.15) is 0 Å². The molecule has 2 rings (SSSR count). The number of ether oxygens (including phenoxy) is 2. The topological polar surface area (TPSA) is 115 Å². The lowest BCUT2D eigenvalue weighted by Gasteiger charge is -2.34. The third-order valence-corrected chi connectivity index (χ3v) is 2.48. The molecule has 0 spiro atoms. The molecule has 0 aromatic carbocycles. The molecule has 1 aliphatic heterocycles. The number of nitrogens with two attached hydrogens (primary N) is 1. The lowest BCUT2D eigenvalue weighted by atomic mass is 10.2. The molecule has 1 unspecified atom stereocenters. The Kier molecular flexibility index (Phi) is 3.63. The van der Waals surface area contributed by atoms with Crippen molar-refractivity contribution in [1.82, 2.24) is 4.98 Å². The third-order valence-electron chi connectivity index (χ3n) is 2.48. The van der Waals surface area contributed by atoms with Gasteiger partial charge in [-0.05, 0) is 17.7 Å². The molecular weight excluding hydrogens is 238 g/mol. The second-order valence-corrected chi connectivity index (χ2v) is 3.97. The van der Waals surface area contributed by atoms with Crippen LogP contribution in [0.3, 0.4) is 0 Å². The minimum Gasteiger partial charge on any atom is -0.461 e. The summed E-state index contributed by atoms with van der Waals surface area (Å²) in [6, 6.07) is 3.53. The van der Waals surface area contributed by atoms with Crippen molar-refractivity contribution in [3.05, 3.63) is 34.0 Å². The van der Waals surface area contributed by atoms with Crippen LogP contribution in [0.2, 0.25) is 0 Å². The molecule has 1 aromatic heterocycles. The van der Waals surface area contributed by atoms with E-state index in [-0.39, 0.29) is 19.8 Å². The summed E-state index contributed by atoms with van der Waals surface area (Å²) < 4.78 is 11.1. The Balaban J connectivity index is 2.17. The van der Waals surface area contributed by atoms with Crippen LogP contribution in [0.1, 0.15) is 18.3 Å². The smallest absolute Gasteiger partial charge is 0.213 e. The van der Waals surface area contributed by atoms with Crippen molar-refractivity contribution < 1.29 is 14.3 Å². The molecule has 0 saturated carbocycles. The molecule has 96 valence electrons. The molecule has 8 heteroatoms. The molecule has 0 radical (unpaired) electrons. The molecular formula is C10H13N5O3. The maximum atomic E-state index is 8.31. The Hall–Kier alpha value is -1.86. The van der Waals surface area contributed by atoms with Crippen LogP contribution in [0.25, 0.3) is 10.4 Å². The second kappa shape index (κ2) is 5.19. The van der Waals surface area contributed by atoms with E-state index in [1.54, 1.807) is 19.1 Å². The van der Waals surface area contributed by atoms with E-state index in [2.05, 4.69) is 19.8 Å². The Bertz CT molecular complexity index is 488. The number of pyridine rings is 1. The Morgan fingerprint density at radius 2 is 2.50 bits per heavy atom. The Morgan fingerprint density at radius 3 is 3.22 bits per heavy atom. The van der Waals surface area contributed by atoms with Crippen molar-refractivity contribution in [3.63, 3.8) is 0 Å². The highest BCUT2D eigenvalue weighted by atomic mass is 16.7. The lowest BCUT2D eigenvalue weighted by Crippen LogP contribution is -2.42. The first-order valence-electron chi connectivity index (χ1n) is 5.31. The molecule has 1 aliphatic rings. The molecule has 1 aromatic rings. The van der Waals surface area contributed by atoms with Gasteiger partial charge in [0.25, 0.3) is 0 Å². The van der Waals surface area contributed by atoms with Gasteiger partial charge in [-0.1, -0.05) is 5.11 Å². The Labute approximate surface area is 103 Å². The summed E-state index contributed by atoms with van der Waals surface area (Å²) >= 11 is 0. The van der Waals surface area contributed by atoms with Crippen molar-refractivity contribution in [3.8, 4) is 5.75 Å². The number of hydrogen-bond acceptors (Lipinski definition) is 6. The van der Waals surface area contributed by atoms with Crippen LogP contribution in [0, 0.1) is 0 Å². The predicted molar refractivity (Wildman–Crippen MR) is 61.0 cm³/mol. The number of fused-ring (bicyclic) bond motifs is 1. The zero-order chi connectivity index (χ0) is 13.0. The van der Waals surface area contributed by atoms with Gasteiger partial charge in [0.05, 0.1) is 18.8 Å². The van der Waals surface area contributed by atoms with Gasteiger partial charge in [0.15, 0.2) is 0 Å². The minimum absolute atomic E-state index is 0.0939. The highest BCUT2D eigenvalue weighted by Gasteiger charge is 2.32. The highest BCUT2D eigenvalue weighted by Crippen LogP contribution is 2.30. The van der Waals surface area contributed by atoms with Gasteiger partial charge < -0.3 is 9.47 Å². The average Bonchev–Trinajstić information content (AvgIpc) is 2.37. The summed E-state index contributed by atoms with van der Waals surface area (Å²) in [4.78, 5) is 11.5. The van der Waals surface area contributed by atoms with Gasteiger partial charge in [-0.3, -0.25) is 4.84 Å². The lowest BCUT2D eigenvalue weighted by molar-refractivity contribution is -0.187. The SMILES string of the molecule is CC1(CN=[N+]=[N-])OCc2nc(CON)ccc2O1. The van der Waals surface area contributed by atoms with E-state index >= 15 is 0 Å². The van der Waals surface area contributed by atoms with Crippen molar-refractivity contribution in [1.29, 1.82) is 0 Å². The molecule has 1 atom stereocenters. The number of nitrogens with zero attached hydrogens (tertiary/aromatic N) is 4. The highest BCUT2D eigenvalue weighted by molar-refractivity contribution is 5.30. The molecule has 0 saturated heterocycles. The van der Waals surface area contributed by atoms with Crippen molar-refractivity contribution in [2.24, 2.45) is 11.0 Å². The van der Waals surface area contributed by atoms with Gasteiger partial charge >= 0.3 is 0 Å². The quantitative estimate of drug-likeness (QED) is 0.376. The largest absolute Gasteiger partial charge is 0.461 e. The fourth-order valence-electron chi connectivity index (χ4n) is 1.62. The Morgan fingerprint density at radius 1 is 1.67 bits per heavy atom. The van der Waals surface area contributed by atoms with E-state index in [0.29, 0.717) is 17.1 Å². The standard InChI is InChI=1S/C10H13N5O3/c1-10(6-13-15-11)16-5-8-9(18-10)3-2-7(14-8)4-17-12/h2-3H,4-6,12H2,1H3. The zero-order valence-corrected chi connectivity index (χ0v) is 9.87. The van der Waals surface area contributed by atoms with E-state index in [0.717, 1.165) is 0 Å². The van der Waals surface area contributed by atoms with Crippen LogP contribution >= 0.6 is 0 Å². The summed E-state index contributed by atoms with van der Waals surface area (Å²) in [6.45, 7) is 2.31. The van der Waals surface area contributed by atoms with Gasteiger partial charge in [0, 0.05) is 11.8 Å². The molecule has 18 heavy (non-hydrogen) atoms. The van der Waals surface area contributed by atoms with E-state index in [4.69, 9.17) is 20.9 Å². The summed E-state index contributed by atoms with van der Waals surface area (Å²) in [5, 5.41) is 3.46. The summed E-state index contributed by atoms with van der Waals surface area (Å²) in [5.41, 5.74) is 9.68. The molecule has 0 bridgehead atoms. The van der Waals surface area contributed by atoms with E-state index in [9.17, 15) is 0 Å². The molecule has 2 N–H and O–H groups in total. The van der Waals surface area contributed by atoms with Gasteiger partial charge in [0.1, 0.15) is 18.1 Å². The molecule has 0 amide bonds. The summed E-state index contributed by atoms with van der Waals surface area (Å²) in [5.74, 6) is 4.64. The third kappa shape index (κ3) is 2.69. The van der Waals surface area contributed by atoms with Crippen molar-refractivity contribution in [2.75, 3.05) is 6.54 Å². The number of azide groups is 1. The molecule has 0 fully saturated rings. The first kappa shape index (κ1) is 12.6. The first-order chi connectivity index (χ1) is 8.67. The fraction of sp³-hybridized carbons (Fsp3) is 0.500. The molecule has 8 nitrogen and oxygen atoms in total. The minimum atomic E-state index is -0.952. The molecule has 2 heterocycles. The van der Waals surface area contributed by atoms with E-state index < -0.39 is 5.79 Å².